The zero-order valence-electron chi connectivity index (χ0n) is 16.6. The number of hydrogen-bond acceptors (Lipinski definition) is 5. The molecular formula is C20H24N4O4S. The number of amides is 1. The molecule has 0 spiro atoms. The van der Waals surface area contributed by atoms with Gasteiger partial charge in [0.05, 0.1) is 24.2 Å². The number of carbonyl (C=O) groups is 1. The monoisotopic (exact) mass is 416 g/mol. The summed E-state index contributed by atoms with van der Waals surface area (Å²) >= 11 is 0. The van der Waals surface area contributed by atoms with Crippen LogP contribution in [0.2, 0.25) is 0 Å². The topological polar surface area (TPSA) is 97.4 Å². The van der Waals surface area contributed by atoms with Crippen LogP contribution in [-0.2, 0) is 34.5 Å². The highest BCUT2D eigenvalue weighted by molar-refractivity contribution is 7.89. The van der Waals surface area contributed by atoms with Crippen LogP contribution >= 0.6 is 0 Å². The highest BCUT2D eigenvalue weighted by atomic mass is 32.2. The van der Waals surface area contributed by atoms with Crippen LogP contribution in [0.4, 0.5) is 0 Å². The Balaban J connectivity index is 1.72. The van der Waals surface area contributed by atoms with Gasteiger partial charge in [0, 0.05) is 13.6 Å². The van der Waals surface area contributed by atoms with Gasteiger partial charge in [0.2, 0.25) is 15.9 Å². The van der Waals surface area contributed by atoms with E-state index in [1.165, 1.54) is 22.3 Å². The summed E-state index contributed by atoms with van der Waals surface area (Å²) in [6, 6.07) is 13.0. The lowest BCUT2D eigenvalue weighted by Crippen LogP contribution is -2.29. The summed E-state index contributed by atoms with van der Waals surface area (Å²) < 4.78 is 33.9. The van der Waals surface area contributed by atoms with Gasteiger partial charge in [-0.1, -0.05) is 30.3 Å². The van der Waals surface area contributed by atoms with Crippen molar-refractivity contribution < 1.29 is 17.6 Å². The number of furan rings is 1. The van der Waals surface area contributed by atoms with Crippen LogP contribution in [0.5, 0.6) is 0 Å². The molecule has 0 atom stereocenters. The first-order valence-electron chi connectivity index (χ1n) is 9.12. The first kappa shape index (κ1) is 20.8. The fraction of sp³-hybridized carbons (Fsp3) is 0.300. The number of benzene rings is 1. The Morgan fingerprint density at radius 1 is 1.17 bits per heavy atom. The van der Waals surface area contributed by atoms with Crippen molar-refractivity contribution in [3.05, 3.63) is 71.4 Å². The number of sulfonamides is 1. The molecule has 0 aliphatic heterocycles. The largest absolute Gasteiger partial charge is 0.468 e. The van der Waals surface area contributed by atoms with Gasteiger partial charge in [-0.25, -0.2) is 8.42 Å². The lowest BCUT2D eigenvalue weighted by Gasteiger charge is -2.16. The number of rotatable bonds is 8. The van der Waals surface area contributed by atoms with E-state index < -0.39 is 10.0 Å². The molecule has 0 fully saturated rings. The van der Waals surface area contributed by atoms with E-state index in [9.17, 15) is 13.2 Å². The summed E-state index contributed by atoms with van der Waals surface area (Å²) in [5, 5.41) is 7.10. The summed E-state index contributed by atoms with van der Waals surface area (Å²) in [4.78, 5) is 12.4. The molecule has 1 amide bonds. The van der Waals surface area contributed by atoms with E-state index in [0.29, 0.717) is 23.7 Å². The van der Waals surface area contributed by atoms with Crippen LogP contribution in [0.1, 0.15) is 22.7 Å². The highest BCUT2D eigenvalue weighted by Gasteiger charge is 2.29. The van der Waals surface area contributed by atoms with Gasteiger partial charge < -0.3 is 9.73 Å². The Hall–Kier alpha value is -2.91. The van der Waals surface area contributed by atoms with Crippen LogP contribution in [0.15, 0.2) is 58.0 Å². The van der Waals surface area contributed by atoms with Crippen molar-refractivity contribution in [3.8, 4) is 0 Å². The molecule has 0 radical (unpaired) electrons. The van der Waals surface area contributed by atoms with Crippen LogP contribution in [0.25, 0.3) is 0 Å². The van der Waals surface area contributed by atoms with E-state index in [0.717, 1.165) is 5.56 Å². The SMILES string of the molecule is Cc1nn(CC(=O)NCc2ccccc2)c(C)c1S(=O)(=O)N(C)Cc1ccco1. The zero-order valence-corrected chi connectivity index (χ0v) is 17.4. The third-order valence-corrected chi connectivity index (χ3v) is 6.62. The normalized spacial score (nSPS) is 11.7. The standard InChI is InChI=1S/C20H24N4O4S/c1-15-20(29(26,27)23(3)13-18-10-7-11-28-18)16(2)24(22-15)14-19(25)21-12-17-8-5-4-6-9-17/h4-11H,12-14H2,1-3H3,(H,21,25). The van der Waals surface area contributed by atoms with Crippen molar-refractivity contribution >= 4 is 15.9 Å². The molecule has 8 nitrogen and oxygen atoms in total. The second kappa shape index (κ2) is 8.62. The maximum absolute atomic E-state index is 13.0. The van der Waals surface area contributed by atoms with Crippen LogP contribution in [0, 0.1) is 13.8 Å². The molecular weight excluding hydrogens is 392 g/mol. The van der Waals surface area contributed by atoms with Gasteiger partial charge in [0.25, 0.3) is 0 Å². The van der Waals surface area contributed by atoms with Gasteiger partial charge >= 0.3 is 0 Å². The molecule has 1 N–H and O–H groups in total. The zero-order chi connectivity index (χ0) is 21.0. The fourth-order valence-electron chi connectivity index (χ4n) is 3.06. The first-order chi connectivity index (χ1) is 13.8. The van der Waals surface area contributed by atoms with E-state index in [-0.39, 0.29) is 23.9 Å². The molecule has 0 aliphatic rings. The van der Waals surface area contributed by atoms with Crippen LogP contribution in [-0.4, -0.2) is 35.5 Å². The lowest BCUT2D eigenvalue weighted by molar-refractivity contribution is -0.122. The molecule has 0 bridgehead atoms. The Labute approximate surface area is 170 Å². The average molecular weight is 417 g/mol. The maximum atomic E-state index is 13.0. The van der Waals surface area contributed by atoms with E-state index in [2.05, 4.69) is 10.4 Å². The van der Waals surface area contributed by atoms with E-state index in [4.69, 9.17) is 4.42 Å². The number of hydrogen-bond donors (Lipinski definition) is 1. The van der Waals surface area contributed by atoms with Gasteiger partial charge in [-0.2, -0.15) is 9.40 Å². The molecule has 3 rings (SSSR count). The Morgan fingerprint density at radius 3 is 2.55 bits per heavy atom. The molecule has 0 unspecified atom stereocenters. The number of aryl methyl sites for hydroxylation is 1. The van der Waals surface area contributed by atoms with Crippen molar-refractivity contribution in [3.63, 3.8) is 0 Å². The van der Waals surface area contributed by atoms with Crippen molar-refractivity contribution in [2.24, 2.45) is 0 Å². The highest BCUT2D eigenvalue weighted by Crippen LogP contribution is 2.24. The fourth-order valence-corrected chi connectivity index (χ4v) is 4.56. The van der Waals surface area contributed by atoms with E-state index in [1.807, 2.05) is 30.3 Å². The summed E-state index contributed by atoms with van der Waals surface area (Å²) in [5.41, 5.74) is 1.75. The van der Waals surface area contributed by atoms with Gasteiger partial charge in [-0.15, -0.1) is 0 Å². The van der Waals surface area contributed by atoms with Crippen molar-refractivity contribution in [2.75, 3.05) is 7.05 Å². The molecule has 29 heavy (non-hydrogen) atoms. The van der Waals surface area contributed by atoms with E-state index >= 15 is 0 Å². The second-order valence-corrected chi connectivity index (χ2v) is 8.74. The molecule has 1 aromatic carbocycles. The van der Waals surface area contributed by atoms with Crippen LogP contribution in [0.3, 0.4) is 0 Å². The second-order valence-electron chi connectivity index (χ2n) is 6.76. The van der Waals surface area contributed by atoms with Gasteiger partial charge in [0.15, 0.2) is 0 Å². The summed E-state index contributed by atoms with van der Waals surface area (Å²) in [6.07, 6.45) is 1.50. The van der Waals surface area contributed by atoms with Crippen molar-refractivity contribution in [1.82, 2.24) is 19.4 Å². The number of carbonyl (C=O) groups excluding carboxylic acids is 1. The summed E-state index contributed by atoms with van der Waals surface area (Å²) in [7, 11) is -2.30. The first-order valence-corrected chi connectivity index (χ1v) is 10.6. The Kier molecular flexibility index (Phi) is 6.19. The molecule has 0 saturated carbocycles. The minimum Gasteiger partial charge on any atom is -0.468 e. The quantitative estimate of drug-likeness (QED) is 0.607. The number of nitrogens with one attached hydrogen (secondary N) is 1. The lowest BCUT2D eigenvalue weighted by atomic mass is 10.2. The predicted molar refractivity (Wildman–Crippen MR) is 107 cm³/mol. The predicted octanol–water partition coefficient (Wildman–Crippen LogP) is 2.23. The van der Waals surface area contributed by atoms with Gasteiger partial charge in [0.1, 0.15) is 17.2 Å². The van der Waals surface area contributed by atoms with Gasteiger partial charge in [-0.05, 0) is 31.5 Å². The van der Waals surface area contributed by atoms with Gasteiger partial charge in [-0.3, -0.25) is 9.48 Å². The smallest absolute Gasteiger partial charge is 0.246 e. The minimum atomic E-state index is -3.79. The molecule has 2 heterocycles. The number of nitrogens with zero attached hydrogens (tertiary/aromatic N) is 3. The van der Waals surface area contributed by atoms with E-state index in [1.54, 1.807) is 26.0 Å². The van der Waals surface area contributed by atoms with Crippen molar-refractivity contribution in [2.45, 2.75) is 38.4 Å². The molecule has 9 heteroatoms. The summed E-state index contributed by atoms with van der Waals surface area (Å²) in [5.74, 6) is 0.298. The molecule has 3 aromatic rings. The molecule has 0 aliphatic carbocycles. The Bertz CT molecular complexity index is 1070. The van der Waals surface area contributed by atoms with Crippen molar-refractivity contribution in [1.29, 1.82) is 0 Å². The maximum Gasteiger partial charge on any atom is 0.246 e. The molecule has 154 valence electrons. The number of aromatic nitrogens is 2. The third kappa shape index (κ3) is 4.75. The Morgan fingerprint density at radius 2 is 1.90 bits per heavy atom. The van der Waals surface area contributed by atoms with Crippen LogP contribution < -0.4 is 5.32 Å². The molecule has 0 saturated heterocycles. The average Bonchev–Trinajstić information content (AvgIpc) is 3.29. The molecule has 2 aromatic heterocycles. The minimum absolute atomic E-state index is 0.0586. The third-order valence-electron chi connectivity index (χ3n) is 4.57. The summed E-state index contributed by atoms with van der Waals surface area (Å²) in [6.45, 7) is 3.72.